The second kappa shape index (κ2) is 10.2. The van der Waals surface area contributed by atoms with Crippen LogP contribution in [0.25, 0.3) is 0 Å². The van der Waals surface area contributed by atoms with Crippen LogP contribution in [-0.4, -0.2) is 23.5 Å². The second-order valence-corrected chi connectivity index (χ2v) is 6.90. The number of aliphatic imine (C=N–C) groups is 1. The standard InChI is InChI=1S/C24H26N4O2/c1-4-30-22-10-8-19(9-11-22)23(29)28-24(26-16-20-7-5-6-12-25-20)27-21-14-17(2)13-18(3)15-21/h5-15H,4,16H2,1-3H3,(H2,26,27,28,29). The number of aromatic nitrogens is 1. The van der Waals surface area contributed by atoms with Crippen molar-refractivity contribution in [2.75, 3.05) is 11.9 Å². The van der Waals surface area contributed by atoms with Crippen molar-refractivity contribution in [3.8, 4) is 5.75 Å². The summed E-state index contributed by atoms with van der Waals surface area (Å²) in [7, 11) is 0. The van der Waals surface area contributed by atoms with Crippen LogP contribution in [0.15, 0.2) is 71.9 Å². The molecule has 0 aliphatic carbocycles. The summed E-state index contributed by atoms with van der Waals surface area (Å²) < 4.78 is 5.44. The fourth-order valence-electron chi connectivity index (χ4n) is 2.99. The number of carbonyl (C=O) groups excluding carboxylic acids is 1. The van der Waals surface area contributed by atoms with Gasteiger partial charge in [0.1, 0.15) is 5.75 Å². The predicted octanol–water partition coefficient (Wildman–Crippen LogP) is 4.50. The molecule has 2 aromatic carbocycles. The Labute approximate surface area is 177 Å². The minimum absolute atomic E-state index is 0.255. The molecule has 2 N–H and O–H groups in total. The molecule has 0 saturated heterocycles. The Kier molecular flexibility index (Phi) is 7.16. The number of anilines is 1. The molecule has 0 bridgehead atoms. The minimum Gasteiger partial charge on any atom is -0.494 e. The molecular formula is C24H26N4O2. The summed E-state index contributed by atoms with van der Waals surface area (Å²) in [6, 6.07) is 18.8. The summed E-state index contributed by atoms with van der Waals surface area (Å²) in [6.07, 6.45) is 1.72. The fourth-order valence-corrected chi connectivity index (χ4v) is 2.99. The highest BCUT2D eigenvalue weighted by Gasteiger charge is 2.10. The lowest BCUT2D eigenvalue weighted by Gasteiger charge is -2.13. The van der Waals surface area contributed by atoms with Gasteiger partial charge in [-0.2, -0.15) is 0 Å². The summed E-state index contributed by atoms with van der Waals surface area (Å²) in [5.74, 6) is 0.839. The third kappa shape index (κ3) is 6.17. The van der Waals surface area contributed by atoms with Gasteiger partial charge in [0, 0.05) is 17.4 Å². The second-order valence-electron chi connectivity index (χ2n) is 6.90. The maximum atomic E-state index is 12.8. The van der Waals surface area contributed by atoms with Gasteiger partial charge in [-0.05, 0) is 80.4 Å². The number of pyridine rings is 1. The molecule has 1 amide bonds. The topological polar surface area (TPSA) is 75.6 Å². The third-order valence-electron chi connectivity index (χ3n) is 4.27. The first kappa shape index (κ1) is 21.0. The molecule has 0 fully saturated rings. The lowest BCUT2D eigenvalue weighted by Crippen LogP contribution is -2.36. The van der Waals surface area contributed by atoms with Crippen LogP contribution in [0.2, 0.25) is 0 Å². The molecule has 0 aliphatic heterocycles. The molecule has 1 aromatic heterocycles. The maximum absolute atomic E-state index is 12.8. The summed E-state index contributed by atoms with van der Waals surface area (Å²) in [5, 5.41) is 6.10. The predicted molar refractivity (Wildman–Crippen MR) is 120 cm³/mol. The quantitative estimate of drug-likeness (QED) is 0.470. The van der Waals surface area contributed by atoms with Crippen molar-refractivity contribution in [1.82, 2.24) is 10.3 Å². The molecule has 6 nitrogen and oxygen atoms in total. The Hall–Kier alpha value is -3.67. The van der Waals surface area contributed by atoms with E-state index >= 15 is 0 Å². The van der Waals surface area contributed by atoms with Crippen LogP contribution in [0.4, 0.5) is 5.69 Å². The highest BCUT2D eigenvalue weighted by Crippen LogP contribution is 2.15. The van der Waals surface area contributed by atoms with Crippen LogP contribution in [0, 0.1) is 13.8 Å². The molecule has 6 heteroatoms. The summed E-state index contributed by atoms with van der Waals surface area (Å²) >= 11 is 0. The van der Waals surface area contributed by atoms with E-state index in [1.807, 2.05) is 51.1 Å². The molecule has 1 heterocycles. The number of nitrogens with one attached hydrogen (secondary N) is 2. The van der Waals surface area contributed by atoms with E-state index in [2.05, 4.69) is 26.7 Å². The monoisotopic (exact) mass is 402 g/mol. The first-order valence-corrected chi connectivity index (χ1v) is 9.87. The van der Waals surface area contributed by atoms with E-state index in [0.29, 0.717) is 24.7 Å². The summed E-state index contributed by atoms with van der Waals surface area (Å²) in [4.78, 5) is 21.6. The van der Waals surface area contributed by atoms with Gasteiger partial charge in [-0.1, -0.05) is 12.1 Å². The molecule has 0 saturated carbocycles. The van der Waals surface area contributed by atoms with Crippen molar-refractivity contribution in [3.05, 3.63) is 89.2 Å². The Bertz CT molecular complexity index is 995. The van der Waals surface area contributed by atoms with E-state index in [9.17, 15) is 4.79 Å². The number of hydrogen-bond acceptors (Lipinski definition) is 4. The molecule has 0 unspecified atom stereocenters. The zero-order valence-electron chi connectivity index (χ0n) is 17.5. The summed E-state index contributed by atoms with van der Waals surface area (Å²) in [5.41, 5.74) is 4.44. The zero-order chi connectivity index (χ0) is 21.3. The zero-order valence-corrected chi connectivity index (χ0v) is 17.5. The molecule has 3 aromatic rings. The largest absolute Gasteiger partial charge is 0.494 e. The molecule has 154 valence electrons. The van der Waals surface area contributed by atoms with E-state index in [4.69, 9.17) is 4.74 Å². The molecule has 0 atom stereocenters. The molecule has 30 heavy (non-hydrogen) atoms. The van der Waals surface area contributed by atoms with Gasteiger partial charge in [0.25, 0.3) is 5.91 Å². The van der Waals surface area contributed by atoms with Gasteiger partial charge < -0.3 is 10.1 Å². The lowest BCUT2D eigenvalue weighted by molar-refractivity contribution is 0.0977. The highest BCUT2D eigenvalue weighted by atomic mass is 16.5. The average molecular weight is 402 g/mol. The first-order chi connectivity index (χ1) is 14.5. The lowest BCUT2D eigenvalue weighted by atomic mass is 10.1. The average Bonchev–Trinajstić information content (AvgIpc) is 2.73. The van der Waals surface area contributed by atoms with Crippen LogP contribution >= 0.6 is 0 Å². The molecular weight excluding hydrogens is 376 g/mol. The number of rotatable bonds is 6. The normalized spacial score (nSPS) is 11.1. The number of ether oxygens (including phenoxy) is 1. The van der Waals surface area contributed by atoms with Crippen LogP contribution in [0.1, 0.15) is 34.1 Å². The van der Waals surface area contributed by atoms with Crippen LogP contribution < -0.4 is 15.4 Å². The Morgan fingerprint density at radius 3 is 2.40 bits per heavy atom. The minimum atomic E-state index is -0.255. The van der Waals surface area contributed by atoms with Crippen molar-refractivity contribution >= 4 is 17.6 Å². The van der Waals surface area contributed by atoms with Gasteiger partial charge in [-0.3, -0.25) is 15.1 Å². The van der Waals surface area contributed by atoms with E-state index < -0.39 is 0 Å². The van der Waals surface area contributed by atoms with Crippen molar-refractivity contribution in [2.45, 2.75) is 27.3 Å². The number of aryl methyl sites for hydroxylation is 2. The van der Waals surface area contributed by atoms with Gasteiger partial charge in [0.2, 0.25) is 5.96 Å². The van der Waals surface area contributed by atoms with Crippen LogP contribution in [0.5, 0.6) is 5.75 Å². The summed E-state index contributed by atoms with van der Waals surface area (Å²) in [6.45, 7) is 6.90. The number of guanidine groups is 1. The van der Waals surface area contributed by atoms with E-state index in [1.165, 1.54) is 0 Å². The van der Waals surface area contributed by atoms with Gasteiger partial charge in [0.05, 0.1) is 18.8 Å². The van der Waals surface area contributed by atoms with Crippen molar-refractivity contribution in [1.29, 1.82) is 0 Å². The van der Waals surface area contributed by atoms with Gasteiger partial charge in [-0.15, -0.1) is 0 Å². The van der Waals surface area contributed by atoms with Crippen LogP contribution in [0.3, 0.4) is 0 Å². The van der Waals surface area contributed by atoms with Crippen molar-refractivity contribution in [2.24, 2.45) is 4.99 Å². The number of amides is 1. The van der Waals surface area contributed by atoms with Crippen molar-refractivity contribution < 1.29 is 9.53 Å². The number of nitrogens with zero attached hydrogens (tertiary/aromatic N) is 2. The van der Waals surface area contributed by atoms with Gasteiger partial charge in [-0.25, -0.2) is 4.99 Å². The van der Waals surface area contributed by atoms with E-state index in [-0.39, 0.29) is 5.91 Å². The molecule has 0 aliphatic rings. The maximum Gasteiger partial charge on any atom is 0.257 e. The smallest absolute Gasteiger partial charge is 0.257 e. The number of carbonyl (C=O) groups is 1. The van der Waals surface area contributed by atoms with E-state index in [0.717, 1.165) is 28.3 Å². The SMILES string of the molecule is CCOc1ccc(C(=O)NC(=NCc2ccccn2)Nc2cc(C)cc(C)c2)cc1. The molecule has 0 radical (unpaired) electrons. The highest BCUT2D eigenvalue weighted by molar-refractivity contribution is 6.10. The van der Waals surface area contributed by atoms with E-state index in [1.54, 1.807) is 30.5 Å². The van der Waals surface area contributed by atoms with Crippen LogP contribution in [-0.2, 0) is 6.54 Å². The molecule has 0 spiro atoms. The van der Waals surface area contributed by atoms with Crippen molar-refractivity contribution in [3.63, 3.8) is 0 Å². The number of benzene rings is 2. The Balaban J connectivity index is 1.79. The third-order valence-corrected chi connectivity index (χ3v) is 4.27. The first-order valence-electron chi connectivity index (χ1n) is 9.87. The molecule has 3 rings (SSSR count). The van der Waals surface area contributed by atoms with Gasteiger partial charge >= 0.3 is 0 Å². The Morgan fingerprint density at radius 2 is 1.77 bits per heavy atom. The fraction of sp³-hybridized carbons (Fsp3) is 0.208. The van der Waals surface area contributed by atoms with Gasteiger partial charge in [0.15, 0.2) is 0 Å². The Morgan fingerprint density at radius 1 is 1.03 bits per heavy atom. The number of hydrogen-bond donors (Lipinski definition) is 2.